The minimum absolute atomic E-state index is 0.00472. The summed E-state index contributed by atoms with van der Waals surface area (Å²) in [4.78, 5) is 58.5. The van der Waals surface area contributed by atoms with Crippen LogP contribution in [0, 0.1) is 13.8 Å². The van der Waals surface area contributed by atoms with Gasteiger partial charge in [0.15, 0.2) is 0 Å². The van der Waals surface area contributed by atoms with Crippen LogP contribution < -0.4 is 10.6 Å². The van der Waals surface area contributed by atoms with Crippen molar-refractivity contribution in [3.05, 3.63) is 75.4 Å². The summed E-state index contributed by atoms with van der Waals surface area (Å²) in [6.07, 6.45) is 2.64. The van der Waals surface area contributed by atoms with E-state index in [1.54, 1.807) is 34.6 Å². The molecule has 0 saturated heterocycles. The number of rotatable bonds is 22. The molecule has 0 spiro atoms. The number of nitrogens with one attached hydrogen (secondary N) is 4. The van der Waals surface area contributed by atoms with Crippen molar-refractivity contribution >= 4 is 72.3 Å². The Morgan fingerprint density at radius 2 is 1.38 bits per heavy atom. The number of hydrogen-bond acceptors (Lipinski definition) is 14. The van der Waals surface area contributed by atoms with Crippen LogP contribution in [-0.2, 0) is 63.9 Å². The molecule has 3 aromatic heterocycles. The first-order chi connectivity index (χ1) is 31.5. The number of carbonyl (C=O) groups excluding carboxylic acids is 3. The molecule has 5 rings (SSSR count). The predicted molar refractivity (Wildman–Crippen MR) is 257 cm³/mol. The van der Waals surface area contributed by atoms with Crippen molar-refractivity contribution < 1.29 is 51.1 Å². The molecule has 2 atom stereocenters. The van der Waals surface area contributed by atoms with Crippen LogP contribution in [0.2, 0.25) is 0 Å². The summed E-state index contributed by atoms with van der Waals surface area (Å²) in [7, 11) is -5.65. The fourth-order valence-corrected chi connectivity index (χ4v) is 13.7. The van der Waals surface area contributed by atoms with Gasteiger partial charge in [-0.2, -0.15) is 0 Å². The Bertz CT molecular complexity index is 2570. The number of H-pyrrole nitrogens is 2. The van der Waals surface area contributed by atoms with Gasteiger partial charge in [-0.15, -0.1) is 0 Å². The van der Waals surface area contributed by atoms with Crippen molar-refractivity contribution in [3.8, 4) is 0 Å². The van der Waals surface area contributed by atoms with E-state index in [2.05, 4.69) is 47.1 Å². The molecule has 0 unspecified atom stereocenters. The molecule has 0 aromatic carbocycles. The molecule has 1 amide bonds. The minimum Gasteiger partial charge on any atom is -0.469 e. The van der Waals surface area contributed by atoms with Gasteiger partial charge in [0.05, 0.1) is 69.7 Å². The second-order valence-electron chi connectivity index (χ2n) is 15.9. The van der Waals surface area contributed by atoms with E-state index >= 15 is 0 Å². The Labute approximate surface area is 387 Å². The quantitative estimate of drug-likeness (QED) is 0.0419. The zero-order chi connectivity index (χ0) is 48.5. The van der Waals surface area contributed by atoms with E-state index in [-0.39, 0.29) is 69.5 Å². The topological polar surface area (TPSA) is 222 Å². The molecule has 66 heavy (non-hydrogen) atoms. The van der Waals surface area contributed by atoms with Crippen LogP contribution in [-0.4, -0.2) is 97.0 Å². The van der Waals surface area contributed by atoms with E-state index in [1.165, 1.54) is 14.2 Å². The predicted octanol–water partition coefficient (Wildman–Crippen LogP) is 9.15. The number of carbonyl (C=O) groups is 3. The van der Waals surface area contributed by atoms with E-state index in [4.69, 9.17) is 37.5 Å². The van der Waals surface area contributed by atoms with Crippen LogP contribution in [0.5, 0.6) is 0 Å². The molecule has 360 valence electrons. The molecule has 2 aliphatic rings. The zero-order valence-electron chi connectivity index (χ0n) is 40.1. The summed E-state index contributed by atoms with van der Waals surface area (Å²) >= 11 is 0. The van der Waals surface area contributed by atoms with Crippen molar-refractivity contribution in [1.82, 2.24) is 30.6 Å². The first-order valence-electron chi connectivity index (χ1n) is 22.5. The third kappa shape index (κ3) is 11.0. The number of ether oxygens (including phenoxy) is 2. The lowest BCUT2D eigenvalue weighted by Gasteiger charge is -2.31. The molecule has 2 aliphatic heterocycles. The molecule has 8 bridgehead atoms. The Balaban J connectivity index is 1.76. The van der Waals surface area contributed by atoms with Gasteiger partial charge in [0.1, 0.15) is 0 Å². The van der Waals surface area contributed by atoms with Crippen LogP contribution in [0.25, 0.3) is 39.3 Å². The van der Waals surface area contributed by atoms with E-state index in [9.17, 15) is 23.5 Å². The number of aromatic amines is 2. The molecule has 0 radical (unpaired) electrons. The highest BCUT2D eigenvalue weighted by molar-refractivity contribution is 7.72. The molecule has 0 aliphatic carbocycles. The molecule has 0 fully saturated rings. The van der Waals surface area contributed by atoms with Gasteiger partial charge in [-0.1, -0.05) is 26.5 Å². The molecular formula is C47H66N6O11P2. The number of hydrogen-bond donors (Lipinski definition) is 4. The summed E-state index contributed by atoms with van der Waals surface area (Å²) in [5.41, 5.74) is 8.85. The van der Waals surface area contributed by atoms with Crippen LogP contribution in [0.1, 0.15) is 124 Å². The monoisotopic (exact) mass is 952 g/mol. The van der Waals surface area contributed by atoms with Crippen LogP contribution in [0.15, 0.2) is 24.8 Å². The van der Waals surface area contributed by atoms with E-state index in [0.717, 1.165) is 44.3 Å². The summed E-state index contributed by atoms with van der Waals surface area (Å²) in [5, 5.41) is 5.96. The fraction of sp³-hybridized carbons (Fsp3) is 0.511. The van der Waals surface area contributed by atoms with Crippen LogP contribution >= 0.6 is 15.2 Å². The first-order valence-corrected chi connectivity index (χ1v) is 25.7. The van der Waals surface area contributed by atoms with Crippen molar-refractivity contribution in [3.63, 3.8) is 0 Å². The molecule has 0 saturated carbocycles. The smallest absolute Gasteiger partial charge is 0.359 e. The number of fused-ring (bicyclic) bond motifs is 8. The van der Waals surface area contributed by atoms with Gasteiger partial charge >= 0.3 is 27.1 Å². The normalized spacial score (nSPS) is 15.3. The van der Waals surface area contributed by atoms with Gasteiger partial charge in [-0.25, -0.2) is 4.98 Å². The highest BCUT2D eigenvalue weighted by Crippen LogP contribution is 2.69. The number of allylic oxidation sites excluding steroid dienone is 1. The van der Waals surface area contributed by atoms with Gasteiger partial charge in [-0.05, 0) is 102 Å². The van der Waals surface area contributed by atoms with Gasteiger partial charge in [0, 0.05) is 70.2 Å². The molecule has 4 N–H and O–H groups in total. The maximum absolute atomic E-state index is 14.8. The molecule has 19 heteroatoms. The standard InChI is InChI=1S/C47H66N6O11P2/c1-13-31-27(7)35-24-37-29(9)33(19-20-41(54)59-11)44(52-37)34(23-42(55)60-12)45-43(30(10)38(53-45)26-40-32(14-2)28(8)36(51-40)25-39(31)50-35)46(56)48-21-22-49-47(65(57,61-15-3)62-16-4)66(58,63-17-5)64-18-6/h13,24-26,29,33,47,49-51H,1,14-23H2,2-12H3,(H,48,56)/t29-,33-/m0/s1. The SMILES string of the molecule is C=Cc1c(C)c2cc3nc(c(CC(=O)OC)c4nc(cc5[nH]c(cc1[nH]2)c(C)c5CC)C(C)=C4C(=O)NCCNC(P(=O)(OCC)OCC)P(=O)(OCC)OCC)[C@@H](CCC(=O)OC)[C@@H]3C. The molecule has 17 nitrogen and oxygen atoms in total. The second kappa shape index (κ2) is 22.8. The summed E-state index contributed by atoms with van der Waals surface area (Å²) in [6, 6.07) is 5.95. The third-order valence-corrected chi connectivity index (χ3v) is 17.7. The average Bonchev–Trinajstić information content (AvgIpc) is 3.97. The lowest BCUT2D eigenvalue weighted by atomic mass is 9.84. The van der Waals surface area contributed by atoms with Crippen molar-refractivity contribution in [1.29, 1.82) is 0 Å². The molecule has 3 aromatic rings. The van der Waals surface area contributed by atoms with Gasteiger partial charge in [-0.3, -0.25) is 33.8 Å². The molecule has 5 heterocycles. The summed E-state index contributed by atoms with van der Waals surface area (Å²) in [6.45, 7) is 20.5. The second-order valence-corrected chi connectivity index (χ2v) is 20.5. The molecular weight excluding hydrogens is 886 g/mol. The van der Waals surface area contributed by atoms with E-state index in [1.807, 2.05) is 32.1 Å². The lowest BCUT2D eigenvalue weighted by molar-refractivity contribution is -0.141. The highest BCUT2D eigenvalue weighted by Gasteiger charge is 2.50. The van der Waals surface area contributed by atoms with Gasteiger partial charge in [0.2, 0.25) is 5.52 Å². The number of methoxy groups -OCH3 is 2. The first kappa shape index (κ1) is 52.2. The van der Waals surface area contributed by atoms with E-state index < -0.39 is 44.5 Å². The van der Waals surface area contributed by atoms with Crippen LogP contribution in [0.4, 0.5) is 0 Å². The number of aryl methyl sites for hydroxylation is 3. The van der Waals surface area contributed by atoms with Gasteiger partial charge in [0.25, 0.3) is 5.91 Å². The third-order valence-electron chi connectivity index (χ3n) is 12.0. The number of nitrogens with zero attached hydrogens (tertiary/aromatic N) is 2. The zero-order valence-corrected chi connectivity index (χ0v) is 41.9. The maximum atomic E-state index is 14.8. The van der Waals surface area contributed by atoms with Gasteiger partial charge < -0.3 is 42.9 Å². The maximum Gasteiger partial charge on any atom is 0.359 e. The van der Waals surface area contributed by atoms with Crippen molar-refractivity contribution in [2.24, 2.45) is 0 Å². The number of esters is 2. The lowest BCUT2D eigenvalue weighted by Crippen LogP contribution is -2.38. The summed E-state index contributed by atoms with van der Waals surface area (Å²) in [5.74, 6) is -2.16. The minimum atomic E-state index is -4.14. The Morgan fingerprint density at radius 1 is 0.788 bits per heavy atom. The van der Waals surface area contributed by atoms with Crippen molar-refractivity contribution in [2.75, 3.05) is 53.7 Å². The largest absolute Gasteiger partial charge is 0.469 e. The number of aromatic nitrogens is 4. The Morgan fingerprint density at radius 3 is 1.94 bits per heavy atom. The fourth-order valence-electron chi connectivity index (χ4n) is 8.64. The van der Waals surface area contributed by atoms with E-state index in [0.29, 0.717) is 41.1 Å². The Hall–Kier alpha value is -4.73. The Kier molecular flexibility index (Phi) is 18.1. The number of amides is 1. The average molecular weight is 953 g/mol. The summed E-state index contributed by atoms with van der Waals surface area (Å²) < 4.78 is 61.0. The van der Waals surface area contributed by atoms with Crippen molar-refractivity contribution in [2.45, 2.75) is 105 Å². The van der Waals surface area contributed by atoms with Crippen LogP contribution in [0.3, 0.4) is 0 Å². The highest BCUT2D eigenvalue weighted by atomic mass is 31.2.